The summed E-state index contributed by atoms with van der Waals surface area (Å²) in [6.07, 6.45) is 1.57. The average Bonchev–Trinajstić information content (AvgIpc) is 3.50. The fourth-order valence-corrected chi connectivity index (χ4v) is 5.10. The molecule has 0 spiro atoms. The van der Waals surface area contributed by atoms with Crippen molar-refractivity contribution in [2.24, 2.45) is 0 Å². The van der Waals surface area contributed by atoms with Gasteiger partial charge in [-0.15, -0.1) is 23.1 Å². The van der Waals surface area contributed by atoms with Crippen LogP contribution >= 0.6 is 23.1 Å². The van der Waals surface area contributed by atoms with Gasteiger partial charge in [-0.2, -0.15) is 0 Å². The number of rotatable bonds is 8. The van der Waals surface area contributed by atoms with Gasteiger partial charge in [0.15, 0.2) is 0 Å². The lowest BCUT2D eigenvalue weighted by atomic mass is 10.2. The van der Waals surface area contributed by atoms with Crippen LogP contribution in [0.15, 0.2) is 76.2 Å². The summed E-state index contributed by atoms with van der Waals surface area (Å²) in [4.78, 5) is 32.7. The maximum absolute atomic E-state index is 13.3. The summed E-state index contributed by atoms with van der Waals surface area (Å²) < 4.78 is 6.33. The number of furan rings is 1. The summed E-state index contributed by atoms with van der Waals surface area (Å²) in [5.41, 5.74) is 1.52. The molecule has 0 aliphatic heterocycles. The van der Waals surface area contributed by atoms with Crippen molar-refractivity contribution in [2.45, 2.75) is 24.4 Å². The predicted molar refractivity (Wildman–Crippen MR) is 128 cm³/mol. The zero-order chi connectivity index (χ0) is 22.5. The summed E-state index contributed by atoms with van der Waals surface area (Å²) in [6.45, 7) is 2.32. The lowest BCUT2D eigenvalue weighted by molar-refractivity contribution is -0.118. The second kappa shape index (κ2) is 10.0. The Balaban J connectivity index is 1.42. The van der Waals surface area contributed by atoms with Gasteiger partial charge in [-0.1, -0.05) is 24.3 Å². The maximum Gasteiger partial charge on any atom is 0.255 e. The fraction of sp³-hybridized carbons (Fsp3) is 0.208. The Kier molecular flexibility index (Phi) is 6.92. The molecule has 1 N–H and O–H groups in total. The number of hydrogen-bond donors (Lipinski definition) is 1. The molecule has 8 heteroatoms. The van der Waals surface area contributed by atoms with Gasteiger partial charge in [-0.05, 0) is 43.3 Å². The highest BCUT2D eigenvalue weighted by atomic mass is 32.2. The molecule has 2 aromatic heterocycles. The van der Waals surface area contributed by atoms with Crippen molar-refractivity contribution in [3.63, 3.8) is 0 Å². The third kappa shape index (κ3) is 5.03. The number of carbonyl (C=O) groups is 2. The van der Waals surface area contributed by atoms with Crippen molar-refractivity contribution in [1.29, 1.82) is 0 Å². The van der Waals surface area contributed by atoms with Crippen molar-refractivity contribution in [1.82, 2.24) is 15.2 Å². The van der Waals surface area contributed by atoms with Crippen molar-refractivity contribution < 1.29 is 14.0 Å². The summed E-state index contributed by atoms with van der Waals surface area (Å²) >= 11 is 2.94. The van der Waals surface area contributed by atoms with Gasteiger partial charge in [-0.25, -0.2) is 4.98 Å². The van der Waals surface area contributed by atoms with Crippen LogP contribution in [-0.2, 0) is 11.3 Å². The minimum absolute atomic E-state index is 0.101. The maximum atomic E-state index is 13.3. The Morgan fingerprint density at radius 3 is 2.69 bits per heavy atom. The number of nitrogens with one attached hydrogen (secondary N) is 1. The largest absolute Gasteiger partial charge is 0.467 e. The molecule has 6 nitrogen and oxygen atoms in total. The number of thiazole rings is 1. The molecule has 0 saturated heterocycles. The highest BCUT2D eigenvalue weighted by Crippen LogP contribution is 2.31. The number of hydrogen-bond acceptors (Lipinski definition) is 6. The molecule has 0 bridgehead atoms. The van der Waals surface area contributed by atoms with Crippen LogP contribution in [0.2, 0.25) is 0 Å². The van der Waals surface area contributed by atoms with E-state index in [0.29, 0.717) is 17.9 Å². The van der Waals surface area contributed by atoms with E-state index in [1.807, 2.05) is 55.5 Å². The third-order valence-corrected chi connectivity index (χ3v) is 7.37. The first-order chi connectivity index (χ1) is 15.5. The fourth-order valence-electron chi connectivity index (χ4n) is 3.16. The number of para-hydroxylation sites is 1. The molecule has 4 aromatic rings. The molecule has 0 unspecified atom stereocenters. The zero-order valence-electron chi connectivity index (χ0n) is 17.8. The number of amides is 2. The van der Waals surface area contributed by atoms with Gasteiger partial charge in [0, 0.05) is 11.9 Å². The van der Waals surface area contributed by atoms with E-state index in [1.54, 1.807) is 41.7 Å². The number of thioether (sulfide) groups is 1. The molecule has 2 amide bonds. The Hall–Kier alpha value is -3.10. The van der Waals surface area contributed by atoms with Crippen LogP contribution in [-0.4, -0.2) is 34.5 Å². The number of carbonyl (C=O) groups excluding carboxylic acids is 2. The van der Waals surface area contributed by atoms with Gasteiger partial charge in [0.2, 0.25) is 5.91 Å². The van der Waals surface area contributed by atoms with E-state index >= 15 is 0 Å². The lowest BCUT2D eigenvalue weighted by Gasteiger charge is -2.24. The van der Waals surface area contributed by atoms with Crippen LogP contribution < -0.4 is 5.32 Å². The SMILES string of the molecule is C[C@H](c1nc2ccccc2s1)N(C)C(=O)c1ccccc1SCC(=O)NCc1ccco1. The van der Waals surface area contributed by atoms with Crippen LogP contribution in [0, 0.1) is 0 Å². The normalized spacial score (nSPS) is 11.9. The van der Waals surface area contributed by atoms with Gasteiger partial charge in [0.05, 0.1) is 40.4 Å². The van der Waals surface area contributed by atoms with E-state index in [-0.39, 0.29) is 23.6 Å². The van der Waals surface area contributed by atoms with Crippen LogP contribution in [0.25, 0.3) is 10.2 Å². The zero-order valence-corrected chi connectivity index (χ0v) is 19.4. The molecular formula is C24H23N3O3S2. The van der Waals surface area contributed by atoms with E-state index < -0.39 is 0 Å². The number of fused-ring (bicyclic) bond motifs is 1. The molecule has 32 heavy (non-hydrogen) atoms. The minimum atomic E-state index is -0.172. The van der Waals surface area contributed by atoms with E-state index in [2.05, 4.69) is 5.32 Å². The van der Waals surface area contributed by atoms with E-state index in [9.17, 15) is 9.59 Å². The molecule has 0 radical (unpaired) electrons. The van der Waals surface area contributed by atoms with Crippen molar-refractivity contribution in [3.05, 3.63) is 83.3 Å². The molecule has 0 aliphatic rings. The molecule has 4 rings (SSSR count). The molecule has 0 aliphatic carbocycles. The molecule has 1 atom stereocenters. The van der Waals surface area contributed by atoms with Crippen LogP contribution in [0.4, 0.5) is 0 Å². The molecule has 2 heterocycles. The Bertz CT molecular complexity index is 1190. The molecule has 164 valence electrons. The van der Waals surface area contributed by atoms with Gasteiger partial charge in [0.25, 0.3) is 5.91 Å². The summed E-state index contributed by atoms with van der Waals surface area (Å²) in [7, 11) is 1.79. The summed E-state index contributed by atoms with van der Waals surface area (Å²) in [5, 5.41) is 3.72. The van der Waals surface area contributed by atoms with Gasteiger partial charge < -0.3 is 14.6 Å². The number of nitrogens with zero attached hydrogens (tertiary/aromatic N) is 2. The standard InChI is InChI=1S/C24H23N3O3S2/c1-16(23-26-19-10-4-6-12-21(19)32-23)27(2)24(29)18-9-3-5-11-20(18)31-15-22(28)25-14-17-8-7-13-30-17/h3-13,16H,14-15H2,1-2H3,(H,25,28)/t16-/m1/s1. The van der Waals surface area contributed by atoms with Crippen LogP contribution in [0.1, 0.15) is 34.1 Å². The van der Waals surface area contributed by atoms with E-state index in [0.717, 1.165) is 20.1 Å². The molecule has 0 fully saturated rings. The predicted octanol–water partition coefficient (Wildman–Crippen LogP) is 5.13. The van der Waals surface area contributed by atoms with Crippen molar-refractivity contribution >= 4 is 45.1 Å². The second-order valence-electron chi connectivity index (χ2n) is 7.25. The van der Waals surface area contributed by atoms with E-state index in [4.69, 9.17) is 9.40 Å². The Morgan fingerprint density at radius 2 is 1.91 bits per heavy atom. The first-order valence-electron chi connectivity index (χ1n) is 10.2. The quantitative estimate of drug-likeness (QED) is 0.365. The molecule has 0 saturated carbocycles. The average molecular weight is 466 g/mol. The van der Waals surface area contributed by atoms with Gasteiger partial charge in [-0.3, -0.25) is 9.59 Å². The Labute approximate surface area is 194 Å². The highest BCUT2D eigenvalue weighted by Gasteiger charge is 2.24. The number of aromatic nitrogens is 1. The first kappa shape index (κ1) is 22.1. The number of benzene rings is 2. The van der Waals surface area contributed by atoms with Gasteiger partial charge >= 0.3 is 0 Å². The minimum Gasteiger partial charge on any atom is -0.467 e. The van der Waals surface area contributed by atoms with Crippen molar-refractivity contribution in [2.75, 3.05) is 12.8 Å². The smallest absolute Gasteiger partial charge is 0.255 e. The highest BCUT2D eigenvalue weighted by molar-refractivity contribution is 8.00. The lowest BCUT2D eigenvalue weighted by Crippen LogP contribution is -2.30. The summed E-state index contributed by atoms with van der Waals surface area (Å²) in [5.74, 6) is 0.687. The first-order valence-corrected chi connectivity index (χ1v) is 12.0. The third-order valence-electron chi connectivity index (χ3n) is 5.09. The topological polar surface area (TPSA) is 75.4 Å². The van der Waals surface area contributed by atoms with Crippen LogP contribution in [0.3, 0.4) is 0 Å². The van der Waals surface area contributed by atoms with Crippen molar-refractivity contribution in [3.8, 4) is 0 Å². The van der Waals surface area contributed by atoms with Crippen LogP contribution in [0.5, 0.6) is 0 Å². The van der Waals surface area contributed by atoms with Gasteiger partial charge in [0.1, 0.15) is 10.8 Å². The molecule has 2 aromatic carbocycles. The second-order valence-corrected chi connectivity index (χ2v) is 9.33. The molecular weight excluding hydrogens is 442 g/mol. The summed E-state index contributed by atoms with van der Waals surface area (Å²) in [6, 6.07) is 18.8. The van der Waals surface area contributed by atoms with E-state index in [1.165, 1.54) is 11.8 Å². The monoisotopic (exact) mass is 465 g/mol. The Morgan fingerprint density at radius 1 is 1.12 bits per heavy atom.